The van der Waals surface area contributed by atoms with Crippen molar-refractivity contribution in [2.75, 3.05) is 6.61 Å². The Morgan fingerprint density at radius 1 is 1.13 bits per heavy atom. The van der Waals surface area contributed by atoms with E-state index < -0.39 is 0 Å². The third kappa shape index (κ3) is 7.90. The predicted octanol–water partition coefficient (Wildman–Crippen LogP) is 3.49. The van der Waals surface area contributed by atoms with Gasteiger partial charge in [-0.25, -0.2) is 0 Å². The van der Waals surface area contributed by atoms with Gasteiger partial charge in [-0.05, 0) is 17.8 Å². The fourth-order valence-electron chi connectivity index (χ4n) is 2.44. The summed E-state index contributed by atoms with van der Waals surface area (Å²) in [7, 11) is 1.29. The average molecular weight is 212 g/mol. The molecule has 15 heavy (non-hydrogen) atoms. The summed E-state index contributed by atoms with van der Waals surface area (Å²) in [6, 6.07) is 0. The third-order valence-electron chi connectivity index (χ3n) is 2.88. The molecule has 0 aromatic heterocycles. The second kappa shape index (κ2) is 6.57. The summed E-state index contributed by atoms with van der Waals surface area (Å²) in [5.74, 6) is 2.30. The van der Waals surface area contributed by atoms with Gasteiger partial charge in [0.2, 0.25) is 0 Å². The Morgan fingerprint density at radius 2 is 1.67 bits per heavy atom. The molecule has 0 amide bonds. The number of aliphatic hydroxyl groups is 1. The van der Waals surface area contributed by atoms with Gasteiger partial charge in [0.1, 0.15) is 7.28 Å². The van der Waals surface area contributed by atoms with Crippen molar-refractivity contribution < 1.29 is 5.11 Å². The normalized spacial score (nSPS) is 14.7. The van der Waals surface area contributed by atoms with Crippen LogP contribution in [0.5, 0.6) is 0 Å². The SMILES string of the molecule is CC(C)BC(CC(C)C)CC(C)(C)CO. The highest BCUT2D eigenvalue weighted by molar-refractivity contribution is 6.39. The van der Waals surface area contributed by atoms with Crippen molar-refractivity contribution in [1.29, 1.82) is 0 Å². The van der Waals surface area contributed by atoms with Crippen molar-refractivity contribution in [3.63, 3.8) is 0 Å². The molecule has 0 heterocycles. The van der Waals surface area contributed by atoms with Crippen LogP contribution < -0.4 is 0 Å². The lowest BCUT2D eigenvalue weighted by Gasteiger charge is -2.29. The van der Waals surface area contributed by atoms with Crippen molar-refractivity contribution in [2.45, 2.75) is 66.0 Å². The number of aliphatic hydroxyl groups excluding tert-OH is 1. The lowest BCUT2D eigenvalue weighted by atomic mass is 9.51. The minimum atomic E-state index is 0.0917. The molecule has 0 aliphatic carbocycles. The van der Waals surface area contributed by atoms with E-state index in [1.54, 1.807) is 0 Å². The number of rotatable bonds is 7. The van der Waals surface area contributed by atoms with Crippen molar-refractivity contribution >= 4 is 7.28 Å². The molecule has 0 fully saturated rings. The van der Waals surface area contributed by atoms with Crippen LogP contribution in [0.15, 0.2) is 0 Å². The van der Waals surface area contributed by atoms with Crippen LogP contribution in [0.2, 0.25) is 11.6 Å². The van der Waals surface area contributed by atoms with E-state index in [2.05, 4.69) is 41.5 Å². The Balaban J connectivity index is 4.23. The fourth-order valence-corrected chi connectivity index (χ4v) is 2.44. The molecule has 1 unspecified atom stereocenters. The highest BCUT2D eigenvalue weighted by Gasteiger charge is 2.24. The van der Waals surface area contributed by atoms with E-state index in [4.69, 9.17) is 0 Å². The molecular formula is C13H29BO. The van der Waals surface area contributed by atoms with Crippen LogP contribution in [-0.4, -0.2) is 19.0 Å². The lowest BCUT2D eigenvalue weighted by Crippen LogP contribution is -2.23. The summed E-state index contributed by atoms with van der Waals surface area (Å²) in [6.45, 7) is 13.8. The van der Waals surface area contributed by atoms with Gasteiger partial charge < -0.3 is 5.11 Å². The van der Waals surface area contributed by atoms with Crippen molar-refractivity contribution in [1.82, 2.24) is 0 Å². The molecular weight excluding hydrogens is 183 g/mol. The fraction of sp³-hybridized carbons (Fsp3) is 1.00. The molecule has 0 spiro atoms. The second-order valence-electron chi connectivity index (χ2n) is 6.65. The molecule has 0 saturated heterocycles. The maximum absolute atomic E-state index is 9.31. The van der Waals surface area contributed by atoms with Gasteiger partial charge >= 0.3 is 0 Å². The Kier molecular flexibility index (Phi) is 6.58. The highest BCUT2D eigenvalue weighted by Crippen LogP contribution is 2.33. The maximum atomic E-state index is 9.31. The van der Waals surface area contributed by atoms with Crippen LogP contribution in [0, 0.1) is 11.3 Å². The van der Waals surface area contributed by atoms with Gasteiger partial charge in [0, 0.05) is 6.61 Å². The zero-order valence-electron chi connectivity index (χ0n) is 11.5. The van der Waals surface area contributed by atoms with E-state index in [9.17, 15) is 5.11 Å². The third-order valence-corrected chi connectivity index (χ3v) is 2.88. The van der Waals surface area contributed by atoms with Gasteiger partial charge in [0.05, 0.1) is 0 Å². The summed E-state index contributed by atoms with van der Waals surface area (Å²) < 4.78 is 0. The Hall–Kier alpha value is 0.0249. The molecule has 0 saturated carbocycles. The molecule has 0 rings (SSSR count). The smallest absolute Gasteiger partial charge is 0.126 e. The van der Waals surface area contributed by atoms with Crippen molar-refractivity contribution in [3.05, 3.63) is 0 Å². The maximum Gasteiger partial charge on any atom is 0.126 e. The minimum Gasteiger partial charge on any atom is -0.396 e. The first-order valence-electron chi connectivity index (χ1n) is 6.37. The van der Waals surface area contributed by atoms with Gasteiger partial charge in [0.15, 0.2) is 0 Å². The van der Waals surface area contributed by atoms with Crippen LogP contribution in [-0.2, 0) is 0 Å². The predicted molar refractivity (Wildman–Crippen MR) is 70.9 cm³/mol. The summed E-state index contributed by atoms with van der Waals surface area (Å²) in [5, 5.41) is 9.31. The molecule has 2 heteroatoms. The van der Waals surface area contributed by atoms with E-state index in [1.807, 2.05) is 0 Å². The van der Waals surface area contributed by atoms with E-state index in [0.29, 0.717) is 6.61 Å². The van der Waals surface area contributed by atoms with E-state index >= 15 is 0 Å². The summed E-state index contributed by atoms with van der Waals surface area (Å²) in [4.78, 5) is 0. The lowest BCUT2D eigenvalue weighted by molar-refractivity contribution is 0.145. The molecule has 1 N–H and O–H groups in total. The van der Waals surface area contributed by atoms with Crippen LogP contribution in [0.4, 0.5) is 0 Å². The Bertz CT molecular complexity index is 154. The first-order valence-corrected chi connectivity index (χ1v) is 6.37. The van der Waals surface area contributed by atoms with Crippen LogP contribution >= 0.6 is 0 Å². The molecule has 0 aliphatic heterocycles. The standard InChI is InChI=1S/C13H29BO/c1-10(2)7-12(14-11(3)4)8-13(5,6)9-15/h10-12,14-15H,7-9H2,1-6H3. The number of hydrogen-bond donors (Lipinski definition) is 1. The summed E-state index contributed by atoms with van der Waals surface area (Å²) >= 11 is 0. The molecule has 90 valence electrons. The first-order chi connectivity index (χ1) is 6.76. The largest absolute Gasteiger partial charge is 0.396 e. The summed E-state index contributed by atoms with van der Waals surface area (Å²) in [6.07, 6.45) is 2.45. The molecule has 0 radical (unpaired) electrons. The zero-order valence-corrected chi connectivity index (χ0v) is 11.5. The zero-order chi connectivity index (χ0) is 12.1. The second-order valence-corrected chi connectivity index (χ2v) is 6.65. The van der Waals surface area contributed by atoms with Gasteiger partial charge in [-0.15, -0.1) is 0 Å². The van der Waals surface area contributed by atoms with Crippen LogP contribution in [0.3, 0.4) is 0 Å². The topological polar surface area (TPSA) is 20.2 Å². The molecule has 0 aromatic carbocycles. The van der Waals surface area contributed by atoms with Crippen LogP contribution in [0.1, 0.15) is 54.4 Å². The first kappa shape index (κ1) is 15.0. The van der Waals surface area contributed by atoms with E-state index in [-0.39, 0.29) is 5.41 Å². The molecule has 0 bridgehead atoms. The monoisotopic (exact) mass is 212 g/mol. The highest BCUT2D eigenvalue weighted by atomic mass is 16.3. The quantitative estimate of drug-likeness (QED) is 0.640. The minimum absolute atomic E-state index is 0.0917. The van der Waals surface area contributed by atoms with Gasteiger partial charge in [-0.3, -0.25) is 0 Å². The average Bonchev–Trinajstić information content (AvgIpc) is 2.00. The van der Waals surface area contributed by atoms with E-state index in [0.717, 1.165) is 24.0 Å². The van der Waals surface area contributed by atoms with Gasteiger partial charge in [0.25, 0.3) is 0 Å². The Labute approximate surface area is 96.9 Å². The number of hydrogen-bond acceptors (Lipinski definition) is 1. The van der Waals surface area contributed by atoms with Crippen molar-refractivity contribution in [3.8, 4) is 0 Å². The van der Waals surface area contributed by atoms with Crippen molar-refractivity contribution in [2.24, 2.45) is 11.3 Å². The van der Waals surface area contributed by atoms with Gasteiger partial charge in [-0.2, -0.15) is 0 Å². The van der Waals surface area contributed by atoms with Gasteiger partial charge in [-0.1, -0.05) is 59.6 Å². The molecule has 1 atom stereocenters. The van der Waals surface area contributed by atoms with E-state index in [1.165, 1.54) is 13.7 Å². The Morgan fingerprint density at radius 3 is 2.00 bits per heavy atom. The summed E-state index contributed by atoms with van der Waals surface area (Å²) in [5.41, 5.74) is 0.0917. The molecule has 1 nitrogen and oxygen atoms in total. The molecule has 0 aromatic rings. The van der Waals surface area contributed by atoms with Crippen LogP contribution in [0.25, 0.3) is 0 Å². The molecule has 0 aliphatic rings.